The Hall–Kier alpha value is -2.46. The molecule has 1 N–H and O–H groups in total. The molecule has 0 bridgehead atoms. The molecular weight excluding hydrogens is 302 g/mol. The van der Waals surface area contributed by atoms with Crippen LogP contribution < -0.4 is 4.90 Å². The molecular formula is C20H21NO3. The van der Waals surface area contributed by atoms with E-state index in [2.05, 4.69) is 0 Å². The van der Waals surface area contributed by atoms with E-state index in [1.807, 2.05) is 37.3 Å². The molecule has 24 heavy (non-hydrogen) atoms. The summed E-state index contributed by atoms with van der Waals surface area (Å²) in [6.45, 7) is 2.30. The van der Waals surface area contributed by atoms with Crippen LogP contribution in [0.15, 0.2) is 54.6 Å². The highest BCUT2D eigenvalue weighted by Gasteiger charge is 2.50. The monoisotopic (exact) mass is 323 g/mol. The summed E-state index contributed by atoms with van der Waals surface area (Å²) in [4.78, 5) is 27.3. The molecule has 0 saturated carbocycles. The number of amides is 1. The van der Waals surface area contributed by atoms with E-state index < -0.39 is 17.3 Å². The van der Waals surface area contributed by atoms with Crippen LogP contribution in [0.1, 0.15) is 42.1 Å². The number of fused-ring (bicyclic) bond motifs is 1. The van der Waals surface area contributed by atoms with Crippen LogP contribution in [0.4, 0.5) is 5.69 Å². The molecule has 0 spiro atoms. The quantitative estimate of drug-likeness (QED) is 0.859. The summed E-state index contributed by atoms with van der Waals surface area (Å²) in [5.74, 6) is -1.01. The van der Waals surface area contributed by atoms with Gasteiger partial charge in [-0.3, -0.25) is 9.59 Å². The van der Waals surface area contributed by atoms with Crippen molar-refractivity contribution < 1.29 is 14.7 Å². The predicted molar refractivity (Wildman–Crippen MR) is 92.9 cm³/mol. The number of Topliss-reactive ketones (excluding diaryl/α,β-unsaturated/α-hetero) is 1. The minimum Gasteiger partial charge on any atom is -0.373 e. The van der Waals surface area contributed by atoms with E-state index in [0.717, 1.165) is 12.0 Å². The fourth-order valence-electron chi connectivity index (χ4n) is 3.13. The van der Waals surface area contributed by atoms with Crippen LogP contribution in [0.3, 0.4) is 0 Å². The van der Waals surface area contributed by atoms with E-state index in [-0.39, 0.29) is 6.42 Å². The number of benzene rings is 2. The highest BCUT2D eigenvalue weighted by atomic mass is 16.3. The van der Waals surface area contributed by atoms with Gasteiger partial charge in [-0.25, -0.2) is 0 Å². The third-order valence-electron chi connectivity index (χ3n) is 4.49. The van der Waals surface area contributed by atoms with Crippen LogP contribution in [-0.4, -0.2) is 22.4 Å². The maximum atomic E-state index is 13.0. The molecule has 0 fully saturated rings. The summed E-state index contributed by atoms with van der Waals surface area (Å²) in [6, 6.07) is 16.6. The summed E-state index contributed by atoms with van der Waals surface area (Å²) < 4.78 is 0. The first-order valence-electron chi connectivity index (χ1n) is 8.30. The third-order valence-corrected chi connectivity index (χ3v) is 4.49. The lowest BCUT2D eigenvalue weighted by atomic mass is 9.82. The highest BCUT2D eigenvalue weighted by Crippen LogP contribution is 2.36. The molecule has 1 amide bonds. The predicted octanol–water partition coefficient (Wildman–Crippen LogP) is 3.34. The van der Waals surface area contributed by atoms with Gasteiger partial charge >= 0.3 is 0 Å². The van der Waals surface area contributed by atoms with Gasteiger partial charge in [0.15, 0.2) is 0 Å². The fraction of sp³-hybridized carbons (Fsp3) is 0.300. The SMILES string of the molecule is CCCCC1(O)C(=O)c2ccccc2N(Cc2ccccc2)C1=O. The second kappa shape index (κ2) is 6.57. The van der Waals surface area contributed by atoms with Gasteiger partial charge in [-0.2, -0.15) is 0 Å². The molecule has 2 aromatic rings. The van der Waals surface area contributed by atoms with Crippen molar-refractivity contribution in [2.24, 2.45) is 0 Å². The molecule has 124 valence electrons. The number of carbonyl (C=O) groups is 2. The molecule has 1 aliphatic heterocycles. The van der Waals surface area contributed by atoms with Crippen molar-refractivity contribution >= 4 is 17.4 Å². The molecule has 1 heterocycles. The zero-order chi connectivity index (χ0) is 17.2. The van der Waals surface area contributed by atoms with E-state index in [4.69, 9.17) is 0 Å². The summed E-state index contributed by atoms with van der Waals surface area (Å²) in [7, 11) is 0. The Morgan fingerprint density at radius 2 is 1.67 bits per heavy atom. The first-order valence-corrected chi connectivity index (χ1v) is 8.30. The van der Waals surface area contributed by atoms with Crippen LogP contribution in [-0.2, 0) is 11.3 Å². The van der Waals surface area contributed by atoms with E-state index >= 15 is 0 Å². The number of carbonyl (C=O) groups excluding carboxylic acids is 2. The van der Waals surface area contributed by atoms with Gasteiger partial charge in [-0.05, 0) is 30.5 Å². The van der Waals surface area contributed by atoms with Gasteiger partial charge < -0.3 is 10.0 Å². The van der Waals surface area contributed by atoms with Crippen LogP contribution in [0.5, 0.6) is 0 Å². The van der Waals surface area contributed by atoms with Gasteiger partial charge in [-0.1, -0.05) is 55.8 Å². The second-order valence-electron chi connectivity index (χ2n) is 6.19. The lowest BCUT2D eigenvalue weighted by Crippen LogP contribution is -2.58. The number of ketones is 1. The van der Waals surface area contributed by atoms with Crippen LogP contribution in [0.2, 0.25) is 0 Å². The third kappa shape index (κ3) is 2.74. The van der Waals surface area contributed by atoms with Gasteiger partial charge in [0.25, 0.3) is 5.91 Å². The highest BCUT2D eigenvalue weighted by molar-refractivity contribution is 6.27. The number of aliphatic hydroxyl groups is 1. The molecule has 4 heteroatoms. The summed E-state index contributed by atoms with van der Waals surface area (Å²) >= 11 is 0. The van der Waals surface area contributed by atoms with Crippen LogP contribution in [0.25, 0.3) is 0 Å². The molecule has 1 unspecified atom stereocenters. The van der Waals surface area contributed by atoms with Crippen molar-refractivity contribution in [2.45, 2.75) is 38.3 Å². The Balaban J connectivity index is 2.04. The maximum absolute atomic E-state index is 13.0. The Morgan fingerprint density at radius 3 is 2.38 bits per heavy atom. The number of hydrogen-bond acceptors (Lipinski definition) is 3. The fourth-order valence-corrected chi connectivity index (χ4v) is 3.13. The molecule has 3 rings (SSSR count). The Kier molecular flexibility index (Phi) is 4.49. The zero-order valence-electron chi connectivity index (χ0n) is 13.7. The normalized spacial score (nSPS) is 20.2. The van der Waals surface area contributed by atoms with Gasteiger partial charge in [0.05, 0.1) is 12.2 Å². The minimum absolute atomic E-state index is 0.154. The number of para-hydroxylation sites is 1. The molecule has 0 radical (unpaired) electrons. The van der Waals surface area contributed by atoms with E-state index in [1.54, 1.807) is 24.3 Å². The molecule has 0 aliphatic carbocycles. The van der Waals surface area contributed by atoms with Crippen molar-refractivity contribution in [3.8, 4) is 0 Å². The number of hydrogen-bond donors (Lipinski definition) is 1. The number of unbranched alkanes of at least 4 members (excludes halogenated alkanes) is 1. The average molecular weight is 323 g/mol. The van der Waals surface area contributed by atoms with E-state index in [0.29, 0.717) is 24.2 Å². The van der Waals surface area contributed by atoms with Crippen LogP contribution in [0, 0.1) is 0 Å². The Labute approximate surface area is 141 Å². The number of nitrogens with zero attached hydrogens (tertiary/aromatic N) is 1. The Morgan fingerprint density at radius 1 is 1.00 bits per heavy atom. The number of anilines is 1. The summed E-state index contributed by atoms with van der Waals surface area (Å²) in [6.07, 6.45) is 1.58. The lowest BCUT2D eigenvalue weighted by molar-refractivity contribution is -0.133. The number of rotatable bonds is 5. The van der Waals surface area contributed by atoms with E-state index in [1.165, 1.54) is 4.90 Å². The topological polar surface area (TPSA) is 57.6 Å². The maximum Gasteiger partial charge on any atom is 0.267 e. The molecule has 0 aromatic heterocycles. The minimum atomic E-state index is -1.96. The van der Waals surface area contributed by atoms with Crippen molar-refractivity contribution in [3.63, 3.8) is 0 Å². The summed E-state index contributed by atoms with van der Waals surface area (Å²) in [5.41, 5.74) is -0.0314. The van der Waals surface area contributed by atoms with Crippen LogP contribution >= 0.6 is 0 Å². The largest absolute Gasteiger partial charge is 0.373 e. The standard InChI is InChI=1S/C20H21NO3/c1-2-3-13-20(24)18(22)16-11-7-8-12-17(16)21(19(20)23)14-15-9-5-4-6-10-15/h4-12,24H,2-3,13-14H2,1H3. The first kappa shape index (κ1) is 16.4. The Bertz CT molecular complexity index is 756. The van der Waals surface area contributed by atoms with E-state index in [9.17, 15) is 14.7 Å². The molecule has 1 atom stereocenters. The van der Waals surface area contributed by atoms with Crippen molar-refractivity contribution in [2.75, 3.05) is 4.90 Å². The van der Waals surface area contributed by atoms with Gasteiger partial charge in [-0.15, -0.1) is 0 Å². The smallest absolute Gasteiger partial charge is 0.267 e. The summed E-state index contributed by atoms with van der Waals surface area (Å²) in [5, 5.41) is 10.9. The average Bonchev–Trinajstić information content (AvgIpc) is 2.63. The van der Waals surface area contributed by atoms with Crippen molar-refractivity contribution in [1.29, 1.82) is 0 Å². The molecule has 4 nitrogen and oxygen atoms in total. The van der Waals surface area contributed by atoms with Gasteiger partial charge in [0.2, 0.25) is 11.4 Å². The molecule has 0 saturated heterocycles. The zero-order valence-corrected chi connectivity index (χ0v) is 13.7. The lowest BCUT2D eigenvalue weighted by Gasteiger charge is -2.38. The molecule has 2 aromatic carbocycles. The van der Waals surface area contributed by atoms with Gasteiger partial charge in [0, 0.05) is 5.56 Å². The molecule has 1 aliphatic rings. The first-order chi connectivity index (χ1) is 11.6. The van der Waals surface area contributed by atoms with Crippen molar-refractivity contribution in [1.82, 2.24) is 0 Å². The van der Waals surface area contributed by atoms with Gasteiger partial charge in [0.1, 0.15) is 0 Å². The van der Waals surface area contributed by atoms with Crippen molar-refractivity contribution in [3.05, 3.63) is 65.7 Å². The second-order valence-corrected chi connectivity index (χ2v) is 6.19.